The van der Waals surface area contributed by atoms with Gasteiger partial charge < -0.3 is 14.4 Å². The van der Waals surface area contributed by atoms with E-state index < -0.39 is 6.43 Å². The number of alkyl halides is 3. The van der Waals surface area contributed by atoms with E-state index in [0.29, 0.717) is 72.7 Å². The average Bonchev–Trinajstić information content (AvgIpc) is 3.30. The van der Waals surface area contributed by atoms with Crippen molar-refractivity contribution in [2.45, 2.75) is 44.6 Å². The highest BCUT2D eigenvalue weighted by Gasteiger charge is 2.27. The number of anilines is 1. The van der Waals surface area contributed by atoms with Crippen LogP contribution in [0.2, 0.25) is 0 Å². The number of halogens is 3. The van der Waals surface area contributed by atoms with Crippen LogP contribution in [-0.4, -0.2) is 63.0 Å². The minimum atomic E-state index is -2.78. The molecule has 2 fully saturated rings. The Balaban J connectivity index is 1.46. The van der Waals surface area contributed by atoms with Crippen LogP contribution in [0.25, 0.3) is 16.9 Å². The topological polar surface area (TPSA) is 82.4 Å². The number of imidazole rings is 1. The second-order valence-corrected chi connectivity index (χ2v) is 9.76. The highest BCUT2D eigenvalue weighted by molar-refractivity contribution is 9.09. The Morgan fingerprint density at radius 1 is 1.11 bits per heavy atom. The third-order valence-corrected chi connectivity index (χ3v) is 7.35. The van der Waals surface area contributed by atoms with E-state index in [2.05, 4.69) is 30.9 Å². The minimum Gasteiger partial charge on any atom is -0.474 e. The Hall–Kier alpha value is -2.66. The summed E-state index contributed by atoms with van der Waals surface area (Å²) >= 11 is 3.24. The van der Waals surface area contributed by atoms with Gasteiger partial charge in [0, 0.05) is 25.6 Å². The molecule has 0 bridgehead atoms. The number of ketones is 1. The predicted molar refractivity (Wildman–Crippen MR) is 134 cm³/mol. The van der Waals surface area contributed by atoms with Crippen LogP contribution in [0.15, 0.2) is 30.3 Å². The first-order chi connectivity index (χ1) is 17.5. The number of morpholine rings is 1. The SMILES string of the molecule is O=C(CBr)CC1CCC(Oc2cc(-n3c(C(F)F)nc4ccccc43)nc(N3CCOCC3)n2)CC1. The van der Waals surface area contributed by atoms with Gasteiger partial charge in [-0.1, -0.05) is 28.1 Å². The number of carbonyl (C=O) groups excluding carboxylic acids is 1. The summed E-state index contributed by atoms with van der Waals surface area (Å²) in [6.45, 7) is 2.28. The molecule has 11 heteroatoms. The lowest BCUT2D eigenvalue weighted by Crippen LogP contribution is -2.37. The summed E-state index contributed by atoms with van der Waals surface area (Å²) in [7, 11) is 0. The molecule has 3 heterocycles. The third kappa shape index (κ3) is 5.51. The van der Waals surface area contributed by atoms with Gasteiger partial charge in [-0.3, -0.25) is 9.36 Å². The van der Waals surface area contributed by atoms with Crippen molar-refractivity contribution in [3.63, 3.8) is 0 Å². The molecule has 2 aromatic heterocycles. The van der Waals surface area contributed by atoms with E-state index in [-0.39, 0.29) is 17.7 Å². The lowest BCUT2D eigenvalue weighted by atomic mass is 9.84. The number of rotatable bonds is 8. The fourth-order valence-corrected chi connectivity index (χ4v) is 5.14. The van der Waals surface area contributed by atoms with Crippen LogP contribution in [-0.2, 0) is 9.53 Å². The van der Waals surface area contributed by atoms with Crippen LogP contribution in [0.5, 0.6) is 5.88 Å². The molecule has 0 radical (unpaired) electrons. The number of benzene rings is 1. The van der Waals surface area contributed by atoms with E-state index >= 15 is 0 Å². The summed E-state index contributed by atoms with van der Waals surface area (Å²) in [4.78, 5) is 27.2. The quantitative estimate of drug-likeness (QED) is 0.361. The molecule has 1 aliphatic heterocycles. The molecule has 0 N–H and O–H groups in total. The van der Waals surface area contributed by atoms with Crippen molar-refractivity contribution >= 4 is 38.7 Å². The van der Waals surface area contributed by atoms with E-state index in [9.17, 15) is 13.6 Å². The van der Waals surface area contributed by atoms with Crippen LogP contribution in [0.3, 0.4) is 0 Å². The van der Waals surface area contributed by atoms with Crippen molar-refractivity contribution in [3.8, 4) is 11.7 Å². The fraction of sp³-hybridized carbons (Fsp3) is 0.520. The zero-order valence-electron chi connectivity index (χ0n) is 19.8. The first-order valence-corrected chi connectivity index (χ1v) is 13.4. The maximum absolute atomic E-state index is 14.0. The van der Waals surface area contributed by atoms with Crippen LogP contribution in [0.1, 0.15) is 44.4 Å². The van der Waals surface area contributed by atoms with Gasteiger partial charge in [0.1, 0.15) is 17.7 Å². The van der Waals surface area contributed by atoms with Crippen molar-refractivity contribution < 1.29 is 23.0 Å². The van der Waals surface area contributed by atoms with Gasteiger partial charge in [-0.25, -0.2) is 13.8 Å². The smallest absolute Gasteiger partial charge is 0.296 e. The van der Waals surface area contributed by atoms with E-state index in [0.717, 1.165) is 25.7 Å². The maximum atomic E-state index is 14.0. The standard InChI is InChI=1S/C25H28BrF2N5O3/c26-15-17(34)13-16-5-7-18(8-6-16)36-22-14-21(30-25(31-22)32-9-11-35-12-10-32)33-20-4-2-1-3-19(20)29-24(33)23(27)28/h1-4,14,16,18,23H,5-13,15H2. The second kappa shape index (κ2) is 11.2. The molecule has 2 aliphatic rings. The van der Waals surface area contributed by atoms with Crippen molar-refractivity contribution in [1.29, 1.82) is 0 Å². The number of hydrogen-bond donors (Lipinski definition) is 0. The second-order valence-electron chi connectivity index (χ2n) is 9.20. The highest BCUT2D eigenvalue weighted by atomic mass is 79.9. The molecular formula is C25H28BrF2N5O3. The molecule has 8 nitrogen and oxygen atoms in total. The maximum Gasteiger partial charge on any atom is 0.296 e. The van der Waals surface area contributed by atoms with E-state index in [1.807, 2.05) is 4.90 Å². The van der Waals surface area contributed by atoms with Crippen LogP contribution in [0, 0.1) is 5.92 Å². The fourth-order valence-electron chi connectivity index (χ4n) is 4.91. The van der Waals surface area contributed by atoms with Gasteiger partial charge in [-0.15, -0.1) is 0 Å². The van der Waals surface area contributed by atoms with Gasteiger partial charge in [0.25, 0.3) is 6.43 Å². The Bertz CT molecular complexity index is 1210. The Labute approximate surface area is 216 Å². The number of hydrogen-bond acceptors (Lipinski definition) is 7. The van der Waals surface area contributed by atoms with Gasteiger partial charge in [0.2, 0.25) is 11.8 Å². The molecule has 0 amide bonds. The molecule has 192 valence electrons. The molecule has 5 rings (SSSR count). The molecule has 0 spiro atoms. The average molecular weight is 564 g/mol. The van der Waals surface area contributed by atoms with Crippen LogP contribution < -0.4 is 9.64 Å². The number of nitrogens with zero attached hydrogens (tertiary/aromatic N) is 5. The Morgan fingerprint density at radius 2 is 1.86 bits per heavy atom. The monoisotopic (exact) mass is 563 g/mol. The van der Waals surface area contributed by atoms with Gasteiger partial charge in [0.15, 0.2) is 5.82 Å². The van der Waals surface area contributed by atoms with E-state index in [4.69, 9.17) is 9.47 Å². The zero-order chi connectivity index (χ0) is 25.1. The summed E-state index contributed by atoms with van der Waals surface area (Å²) < 4.78 is 41.2. The molecular weight excluding hydrogens is 536 g/mol. The first-order valence-electron chi connectivity index (χ1n) is 12.2. The molecule has 1 saturated carbocycles. The number of ether oxygens (including phenoxy) is 2. The van der Waals surface area contributed by atoms with Crippen molar-refractivity contribution in [1.82, 2.24) is 19.5 Å². The van der Waals surface area contributed by atoms with Gasteiger partial charge in [-0.05, 0) is 43.7 Å². The third-order valence-electron chi connectivity index (χ3n) is 6.73. The van der Waals surface area contributed by atoms with Crippen LogP contribution in [0.4, 0.5) is 14.7 Å². The summed E-state index contributed by atoms with van der Waals surface area (Å²) in [6, 6.07) is 8.63. The largest absolute Gasteiger partial charge is 0.474 e. The zero-order valence-corrected chi connectivity index (χ0v) is 21.4. The molecule has 1 aromatic carbocycles. The molecule has 0 unspecified atom stereocenters. The number of carbonyl (C=O) groups is 1. The lowest BCUT2D eigenvalue weighted by Gasteiger charge is -2.30. The molecule has 1 saturated heterocycles. The molecule has 0 atom stereocenters. The number of fused-ring (bicyclic) bond motifs is 1. The van der Waals surface area contributed by atoms with Crippen molar-refractivity contribution in [3.05, 3.63) is 36.2 Å². The number of Topliss-reactive ketones (excluding diaryl/α,β-unsaturated/α-hetero) is 1. The summed E-state index contributed by atoms with van der Waals surface area (Å²) in [5, 5.41) is 0.390. The Kier molecular flexibility index (Phi) is 7.76. The van der Waals surface area contributed by atoms with Crippen LogP contribution >= 0.6 is 15.9 Å². The molecule has 36 heavy (non-hydrogen) atoms. The lowest BCUT2D eigenvalue weighted by molar-refractivity contribution is -0.117. The number of para-hydroxylation sites is 2. The Morgan fingerprint density at radius 3 is 2.58 bits per heavy atom. The summed E-state index contributed by atoms with van der Waals surface area (Å²) in [5.74, 6) is 1.27. The predicted octanol–water partition coefficient (Wildman–Crippen LogP) is 4.88. The molecule has 3 aromatic rings. The molecule has 1 aliphatic carbocycles. The highest BCUT2D eigenvalue weighted by Crippen LogP contribution is 2.32. The normalized spacial score (nSPS) is 20.7. The first kappa shape index (κ1) is 25.0. The van der Waals surface area contributed by atoms with Crippen molar-refractivity contribution in [2.24, 2.45) is 5.92 Å². The van der Waals surface area contributed by atoms with Gasteiger partial charge in [-0.2, -0.15) is 9.97 Å². The van der Waals surface area contributed by atoms with Gasteiger partial charge >= 0.3 is 0 Å². The van der Waals surface area contributed by atoms with E-state index in [1.165, 1.54) is 4.57 Å². The van der Waals surface area contributed by atoms with E-state index in [1.54, 1.807) is 30.3 Å². The minimum absolute atomic E-state index is 0.0605. The summed E-state index contributed by atoms with van der Waals surface area (Å²) in [6.07, 6.45) is 1.17. The number of aromatic nitrogens is 4. The summed E-state index contributed by atoms with van der Waals surface area (Å²) in [5.41, 5.74) is 1.01. The van der Waals surface area contributed by atoms with Gasteiger partial charge in [0.05, 0.1) is 29.6 Å². The van der Waals surface area contributed by atoms with Crippen molar-refractivity contribution in [2.75, 3.05) is 36.5 Å².